The maximum Gasteiger partial charge on any atom is 0.357 e. The molecule has 0 unspecified atom stereocenters. The molecule has 0 aliphatic rings. The zero-order valence-corrected chi connectivity index (χ0v) is 15.1. The van der Waals surface area contributed by atoms with Crippen LogP contribution in [0.1, 0.15) is 0 Å². The van der Waals surface area contributed by atoms with E-state index in [-0.39, 0.29) is 11.6 Å². The Morgan fingerprint density at radius 1 is 1.32 bits per heavy atom. The Kier molecular flexibility index (Phi) is 6.81. The van der Waals surface area contributed by atoms with Crippen molar-refractivity contribution in [3.05, 3.63) is 34.5 Å². The highest BCUT2D eigenvalue weighted by Gasteiger charge is 2.25. The van der Waals surface area contributed by atoms with Crippen LogP contribution < -0.4 is 4.74 Å². The van der Waals surface area contributed by atoms with Crippen molar-refractivity contribution in [3.8, 4) is 5.88 Å². The second-order valence-corrected chi connectivity index (χ2v) is 7.03. The van der Waals surface area contributed by atoms with E-state index in [1.807, 2.05) is 21.1 Å². The molecular formula is C13H20N4O7S. The first-order valence-electron chi connectivity index (χ1n) is 7.01. The Hall–Kier alpha value is -2.28. The third kappa shape index (κ3) is 7.01. The number of likely N-dealkylation sites (N-methyl/N-ethyl adjacent to an activating group) is 1. The smallest absolute Gasteiger partial charge is 0.357 e. The second-order valence-electron chi connectivity index (χ2n) is 5.88. The minimum atomic E-state index is -4.41. The van der Waals surface area contributed by atoms with Crippen LogP contribution in [-0.2, 0) is 14.6 Å². The molecule has 2 aromatic rings. The summed E-state index contributed by atoms with van der Waals surface area (Å²) in [5.74, 6) is 0.0738. The molecular weight excluding hydrogens is 356 g/mol. The average Bonchev–Trinajstić information content (AvgIpc) is 2.84. The number of rotatable bonds is 6. The predicted molar refractivity (Wildman–Crippen MR) is 86.9 cm³/mol. The fraction of sp³-hybridized carbons (Fsp3) is 0.462. The molecule has 0 atom stereocenters. The van der Waals surface area contributed by atoms with Crippen LogP contribution in [0.2, 0.25) is 0 Å². The van der Waals surface area contributed by atoms with Gasteiger partial charge in [0.15, 0.2) is 0 Å². The summed E-state index contributed by atoms with van der Waals surface area (Å²) in [6.07, 6.45) is 1.66. The molecule has 2 heterocycles. The van der Waals surface area contributed by atoms with Crippen LogP contribution in [0.25, 0.3) is 5.52 Å². The molecule has 0 aromatic carbocycles. The lowest BCUT2D eigenvalue weighted by Gasteiger charge is -2.23. The SMILES string of the molecule is COS(=O)(=O)[O-].C[N+](C)(C)CCOc1nn2ccccc2c1[N+](=O)[O-]. The molecule has 0 N–H and O–H groups in total. The van der Waals surface area contributed by atoms with Crippen molar-refractivity contribution in [2.75, 3.05) is 41.4 Å². The molecule has 0 fully saturated rings. The van der Waals surface area contributed by atoms with E-state index in [1.54, 1.807) is 24.4 Å². The van der Waals surface area contributed by atoms with Crippen LogP contribution in [-0.4, -0.2) is 73.4 Å². The van der Waals surface area contributed by atoms with Gasteiger partial charge in [0.05, 0.1) is 33.2 Å². The van der Waals surface area contributed by atoms with Crippen LogP contribution in [0.3, 0.4) is 0 Å². The zero-order valence-electron chi connectivity index (χ0n) is 14.3. The molecule has 0 amide bonds. The van der Waals surface area contributed by atoms with Gasteiger partial charge in [0, 0.05) is 6.20 Å². The summed E-state index contributed by atoms with van der Waals surface area (Å²) in [7, 11) is 2.48. The zero-order chi connectivity index (χ0) is 19.3. The number of nitrogens with zero attached hydrogens (tertiary/aromatic N) is 4. The van der Waals surface area contributed by atoms with Gasteiger partial charge in [-0.3, -0.25) is 14.3 Å². The lowest BCUT2D eigenvalue weighted by atomic mass is 10.3. The molecule has 0 saturated carbocycles. The van der Waals surface area contributed by atoms with E-state index in [2.05, 4.69) is 9.28 Å². The van der Waals surface area contributed by atoms with E-state index in [9.17, 15) is 23.1 Å². The largest absolute Gasteiger partial charge is 0.726 e. The van der Waals surface area contributed by atoms with Gasteiger partial charge in [0.2, 0.25) is 10.4 Å². The van der Waals surface area contributed by atoms with E-state index in [0.29, 0.717) is 12.1 Å². The van der Waals surface area contributed by atoms with Gasteiger partial charge in [-0.25, -0.2) is 12.9 Å². The third-order valence-corrected chi connectivity index (χ3v) is 3.28. The fourth-order valence-corrected chi connectivity index (χ4v) is 1.65. The standard InChI is InChI=1S/C12H17N4O3.CH4O4S/c1-16(2,3)8-9-19-12-11(15(17)18)10-6-4-5-7-14(10)13-12;1-5-6(2,3)4/h4-7H,8-9H2,1-3H3;1H3,(H,2,3,4)/q+1;/p-1. The van der Waals surface area contributed by atoms with Crippen molar-refractivity contribution in [2.24, 2.45) is 0 Å². The van der Waals surface area contributed by atoms with Crippen LogP contribution in [0.4, 0.5) is 5.69 Å². The van der Waals surface area contributed by atoms with E-state index < -0.39 is 15.3 Å². The Bertz CT molecular complexity index is 827. The number of fused-ring (bicyclic) bond motifs is 1. The van der Waals surface area contributed by atoms with Crippen LogP contribution in [0.15, 0.2) is 24.4 Å². The lowest BCUT2D eigenvalue weighted by molar-refractivity contribution is -0.870. The van der Waals surface area contributed by atoms with Crippen LogP contribution in [0.5, 0.6) is 5.88 Å². The molecule has 0 bridgehead atoms. The van der Waals surface area contributed by atoms with Gasteiger partial charge in [-0.15, -0.1) is 5.10 Å². The molecule has 25 heavy (non-hydrogen) atoms. The average molecular weight is 376 g/mol. The molecule has 2 aromatic heterocycles. The molecule has 2 rings (SSSR count). The van der Waals surface area contributed by atoms with Crippen molar-refractivity contribution in [1.29, 1.82) is 0 Å². The number of nitro groups is 1. The summed E-state index contributed by atoms with van der Waals surface area (Å²) in [5.41, 5.74) is 0.356. The topological polar surface area (TPSA) is 136 Å². The minimum absolute atomic E-state index is 0.0738. The number of ether oxygens (including phenoxy) is 1. The van der Waals surface area contributed by atoms with Gasteiger partial charge in [0.1, 0.15) is 18.7 Å². The van der Waals surface area contributed by atoms with E-state index in [0.717, 1.165) is 18.1 Å². The van der Waals surface area contributed by atoms with E-state index in [1.165, 1.54) is 4.52 Å². The number of hydrogen-bond acceptors (Lipinski definition) is 8. The Morgan fingerprint density at radius 3 is 2.40 bits per heavy atom. The quantitative estimate of drug-likeness (QED) is 0.233. The molecule has 0 aliphatic carbocycles. The van der Waals surface area contributed by atoms with Crippen molar-refractivity contribution in [2.45, 2.75) is 0 Å². The Morgan fingerprint density at radius 2 is 1.92 bits per heavy atom. The molecule has 12 heteroatoms. The van der Waals surface area contributed by atoms with Gasteiger partial charge in [-0.2, -0.15) is 0 Å². The molecule has 0 saturated heterocycles. The highest BCUT2D eigenvalue weighted by atomic mass is 32.3. The van der Waals surface area contributed by atoms with Gasteiger partial charge in [0.25, 0.3) is 0 Å². The highest BCUT2D eigenvalue weighted by Crippen LogP contribution is 2.30. The Labute approximate surface area is 145 Å². The maximum atomic E-state index is 11.1. The van der Waals surface area contributed by atoms with E-state index in [4.69, 9.17) is 4.74 Å². The van der Waals surface area contributed by atoms with Crippen molar-refractivity contribution < 1.29 is 31.3 Å². The van der Waals surface area contributed by atoms with E-state index >= 15 is 0 Å². The summed E-state index contributed by atoms with van der Waals surface area (Å²) < 4.78 is 38.7. The first-order chi connectivity index (χ1) is 11.4. The summed E-state index contributed by atoms with van der Waals surface area (Å²) in [6.45, 7) is 1.12. The number of aromatic nitrogens is 2. The summed E-state index contributed by atoms with van der Waals surface area (Å²) >= 11 is 0. The van der Waals surface area contributed by atoms with Gasteiger partial charge in [-0.1, -0.05) is 6.07 Å². The van der Waals surface area contributed by atoms with Gasteiger partial charge < -0.3 is 13.8 Å². The van der Waals surface area contributed by atoms with Crippen molar-refractivity contribution in [1.82, 2.24) is 9.61 Å². The first-order valence-corrected chi connectivity index (χ1v) is 8.34. The summed E-state index contributed by atoms with van der Waals surface area (Å²) in [4.78, 5) is 10.7. The monoisotopic (exact) mass is 376 g/mol. The molecule has 11 nitrogen and oxygen atoms in total. The summed E-state index contributed by atoms with van der Waals surface area (Å²) in [5, 5.41) is 15.2. The summed E-state index contributed by atoms with van der Waals surface area (Å²) in [6, 6.07) is 5.15. The minimum Gasteiger partial charge on any atom is -0.726 e. The number of quaternary nitrogens is 1. The van der Waals surface area contributed by atoms with Gasteiger partial charge in [-0.05, 0) is 12.1 Å². The second kappa shape index (κ2) is 8.20. The molecule has 0 spiro atoms. The highest BCUT2D eigenvalue weighted by molar-refractivity contribution is 7.80. The van der Waals surface area contributed by atoms with Gasteiger partial charge >= 0.3 is 11.6 Å². The lowest BCUT2D eigenvalue weighted by Crippen LogP contribution is -2.38. The molecule has 0 aliphatic heterocycles. The maximum absolute atomic E-state index is 11.1. The Balaban J connectivity index is 0.000000450. The van der Waals surface area contributed by atoms with Crippen LogP contribution >= 0.6 is 0 Å². The molecule has 0 radical (unpaired) electrons. The number of pyridine rings is 1. The normalized spacial score (nSPS) is 11.7. The van der Waals surface area contributed by atoms with Crippen LogP contribution in [0, 0.1) is 10.1 Å². The van der Waals surface area contributed by atoms with Crippen molar-refractivity contribution >= 4 is 21.6 Å². The van der Waals surface area contributed by atoms with Crippen molar-refractivity contribution in [3.63, 3.8) is 0 Å². The predicted octanol–water partition coefficient (Wildman–Crippen LogP) is 0.421. The number of hydrogen-bond donors (Lipinski definition) is 0. The first kappa shape index (κ1) is 20.8. The fourth-order valence-electron chi connectivity index (χ4n) is 1.65. The third-order valence-electron chi connectivity index (χ3n) is 2.87. The molecule has 140 valence electrons.